The van der Waals surface area contributed by atoms with Crippen molar-refractivity contribution in [2.45, 2.75) is 63.2 Å². The number of thioether (sulfide) groups is 2. The summed E-state index contributed by atoms with van der Waals surface area (Å²) in [5.41, 5.74) is 0. The monoisotopic (exact) mass is 287 g/mol. The summed E-state index contributed by atoms with van der Waals surface area (Å²) in [4.78, 5) is 0. The Labute approximate surface area is 122 Å². The van der Waals surface area contributed by atoms with E-state index in [0.29, 0.717) is 0 Å². The van der Waals surface area contributed by atoms with Crippen LogP contribution in [0.4, 0.5) is 0 Å². The van der Waals surface area contributed by atoms with E-state index in [0.717, 1.165) is 23.8 Å². The first-order valence-corrected chi connectivity index (χ1v) is 10.0. The van der Waals surface area contributed by atoms with Crippen LogP contribution in [0.3, 0.4) is 0 Å². The van der Waals surface area contributed by atoms with Crippen LogP contribution >= 0.6 is 23.5 Å². The Kier molecular flexibility index (Phi) is 7.32. The van der Waals surface area contributed by atoms with E-state index < -0.39 is 0 Å². The summed E-state index contributed by atoms with van der Waals surface area (Å²) in [7, 11) is 0. The minimum Gasteiger partial charge on any atom is -0.313 e. The van der Waals surface area contributed by atoms with Gasteiger partial charge >= 0.3 is 0 Å². The molecule has 2 fully saturated rings. The van der Waals surface area contributed by atoms with Crippen LogP contribution in [0.25, 0.3) is 0 Å². The third kappa shape index (κ3) is 4.97. The Morgan fingerprint density at radius 2 is 2.00 bits per heavy atom. The fourth-order valence-corrected chi connectivity index (χ4v) is 6.24. The Morgan fingerprint density at radius 1 is 1.17 bits per heavy atom. The molecule has 1 aliphatic heterocycles. The zero-order valence-electron chi connectivity index (χ0n) is 11.8. The molecule has 3 heteroatoms. The van der Waals surface area contributed by atoms with Crippen molar-refractivity contribution in [3.63, 3.8) is 0 Å². The lowest BCUT2D eigenvalue weighted by molar-refractivity contribution is 0.313. The number of hydrogen-bond acceptors (Lipinski definition) is 3. The summed E-state index contributed by atoms with van der Waals surface area (Å²) in [5, 5.41) is 4.63. The van der Waals surface area contributed by atoms with E-state index >= 15 is 0 Å². The highest BCUT2D eigenvalue weighted by Crippen LogP contribution is 2.31. The second kappa shape index (κ2) is 8.76. The molecule has 1 heterocycles. The quantitative estimate of drug-likeness (QED) is 0.787. The Hall–Kier alpha value is 0.660. The third-order valence-electron chi connectivity index (χ3n) is 4.37. The summed E-state index contributed by atoms with van der Waals surface area (Å²) in [6, 6.07) is 0.773. The predicted molar refractivity (Wildman–Crippen MR) is 86.8 cm³/mol. The second-order valence-corrected chi connectivity index (χ2v) is 8.23. The molecular weight excluding hydrogens is 258 g/mol. The fraction of sp³-hybridized carbons (Fsp3) is 1.00. The molecule has 0 aromatic carbocycles. The molecule has 2 atom stereocenters. The molecule has 0 spiro atoms. The summed E-state index contributed by atoms with van der Waals surface area (Å²) >= 11 is 4.37. The van der Waals surface area contributed by atoms with Gasteiger partial charge in [-0.1, -0.05) is 39.0 Å². The summed E-state index contributed by atoms with van der Waals surface area (Å²) in [5.74, 6) is 5.14. The Morgan fingerprint density at radius 3 is 2.67 bits per heavy atom. The van der Waals surface area contributed by atoms with Crippen molar-refractivity contribution in [1.82, 2.24) is 5.32 Å². The largest absolute Gasteiger partial charge is 0.313 e. The van der Waals surface area contributed by atoms with Gasteiger partial charge in [0.25, 0.3) is 0 Å². The van der Waals surface area contributed by atoms with Crippen molar-refractivity contribution >= 4 is 23.5 Å². The fourth-order valence-electron chi connectivity index (χ4n) is 3.31. The normalized spacial score (nSPS) is 28.2. The van der Waals surface area contributed by atoms with Gasteiger partial charge in [0.1, 0.15) is 0 Å². The summed E-state index contributed by atoms with van der Waals surface area (Å²) < 4.78 is 0. The molecule has 1 N–H and O–H groups in total. The Bertz CT molecular complexity index is 211. The minimum absolute atomic E-state index is 0.773. The van der Waals surface area contributed by atoms with Gasteiger partial charge < -0.3 is 5.32 Å². The van der Waals surface area contributed by atoms with Crippen LogP contribution in [-0.2, 0) is 0 Å². The number of rotatable bonds is 6. The highest BCUT2D eigenvalue weighted by Gasteiger charge is 2.25. The topological polar surface area (TPSA) is 12.0 Å². The van der Waals surface area contributed by atoms with Crippen molar-refractivity contribution in [3.8, 4) is 0 Å². The molecule has 1 saturated carbocycles. The smallest absolute Gasteiger partial charge is 0.0291 e. The first-order chi connectivity index (χ1) is 8.90. The molecule has 0 bridgehead atoms. The van der Waals surface area contributed by atoms with Gasteiger partial charge in [0.2, 0.25) is 0 Å². The van der Waals surface area contributed by atoms with Crippen molar-refractivity contribution in [2.75, 3.05) is 23.8 Å². The molecule has 0 amide bonds. The molecule has 1 aliphatic carbocycles. The SMILES string of the molecule is CCNC(CCC1CCCCC1)C1CSCCS1. The van der Waals surface area contributed by atoms with E-state index in [1.807, 2.05) is 0 Å². The average Bonchev–Trinajstić information content (AvgIpc) is 2.45. The molecule has 106 valence electrons. The molecule has 18 heavy (non-hydrogen) atoms. The molecule has 2 unspecified atom stereocenters. The zero-order chi connectivity index (χ0) is 12.6. The van der Waals surface area contributed by atoms with E-state index in [-0.39, 0.29) is 0 Å². The zero-order valence-corrected chi connectivity index (χ0v) is 13.5. The van der Waals surface area contributed by atoms with Crippen LogP contribution in [-0.4, -0.2) is 35.1 Å². The molecule has 2 rings (SSSR count). The number of nitrogens with one attached hydrogen (secondary N) is 1. The van der Waals surface area contributed by atoms with Gasteiger partial charge in [-0.3, -0.25) is 0 Å². The van der Waals surface area contributed by atoms with Crippen molar-refractivity contribution < 1.29 is 0 Å². The van der Waals surface area contributed by atoms with Crippen molar-refractivity contribution in [3.05, 3.63) is 0 Å². The van der Waals surface area contributed by atoms with Crippen LogP contribution in [0.1, 0.15) is 51.9 Å². The summed E-state index contributed by atoms with van der Waals surface area (Å²) in [6.45, 7) is 3.39. The van der Waals surface area contributed by atoms with E-state index in [2.05, 4.69) is 35.8 Å². The standard InChI is InChI=1S/C15H29NS2/c1-2-16-14(15-12-17-10-11-18-15)9-8-13-6-4-3-5-7-13/h13-16H,2-12H2,1H3. The van der Waals surface area contributed by atoms with Gasteiger partial charge in [0.15, 0.2) is 0 Å². The molecule has 1 nitrogen and oxygen atoms in total. The van der Waals surface area contributed by atoms with Crippen LogP contribution in [0, 0.1) is 5.92 Å². The third-order valence-corrected chi connectivity index (χ3v) is 7.29. The first kappa shape index (κ1) is 15.1. The molecule has 2 aliphatic rings. The maximum Gasteiger partial charge on any atom is 0.0291 e. The lowest BCUT2D eigenvalue weighted by atomic mass is 9.85. The van der Waals surface area contributed by atoms with Crippen LogP contribution in [0.2, 0.25) is 0 Å². The number of hydrogen-bond donors (Lipinski definition) is 1. The maximum absolute atomic E-state index is 3.76. The minimum atomic E-state index is 0.773. The van der Waals surface area contributed by atoms with Crippen LogP contribution < -0.4 is 5.32 Å². The van der Waals surface area contributed by atoms with E-state index in [1.54, 1.807) is 0 Å². The molecule has 1 saturated heterocycles. The highest BCUT2D eigenvalue weighted by molar-refractivity contribution is 8.06. The van der Waals surface area contributed by atoms with Gasteiger partial charge in [-0.2, -0.15) is 23.5 Å². The Balaban J connectivity index is 1.73. The van der Waals surface area contributed by atoms with Gasteiger partial charge in [0, 0.05) is 28.6 Å². The van der Waals surface area contributed by atoms with E-state index in [9.17, 15) is 0 Å². The lowest BCUT2D eigenvalue weighted by Crippen LogP contribution is -2.41. The molecular formula is C15H29NS2. The van der Waals surface area contributed by atoms with Crippen LogP contribution in [0.15, 0.2) is 0 Å². The maximum atomic E-state index is 3.76. The molecule has 0 aromatic rings. The summed E-state index contributed by atoms with van der Waals surface area (Å²) in [6.07, 6.45) is 10.4. The van der Waals surface area contributed by atoms with Crippen molar-refractivity contribution in [1.29, 1.82) is 0 Å². The average molecular weight is 288 g/mol. The van der Waals surface area contributed by atoms with Gasteiger partial charge in [0.05, 0.1) is 0 Å². The van der Waals surface area contributed by atoms with Gasteiger partial charge in [-0.15, -0.1) is 0 Å². The molecule has 0 aromatic heterocycles. The van der Waals surface area contributed by atoms with E-state index in [4.69, 9.17) is 0 Å². The highest BCUT2D eigenvalue weighted by atomic mass is 32.2. The molecule has 0 radical (unpaired) electrons. The second-order valence-electron chi connectivity index (χ2n) is 5.73. The first-order valence-electron chi connectivity index (χ1n) is 7.83. The van der Waals surface area contributed by atoms with E-state index in [1.165, 1.54) is 62.2 Å². The van der Waals surface area contributed by atoms with Gasteiger partial charge in [-0.25, -0.2) is 0 Å². The predicted octanol–water partition coefficient (Wildman–Crippen LogP) is 4.17. The lowest BCUT2D eigenvalue weighted by Gasteiger charge is -2.32. The van der Waals surface area contributed by atoms with Gasteiger partial charge in [-0.05, 0) is 25.3 Å². The van der Waals surface area contributed by atoms with Crippen molar-refractivity contribution in [2.24, 2.45) is 5.92 Å². The van der Waals surface area contributed by atoms with Crippen LogP contribution in [0.5, 0.6) is 0 Å².